The molecule has 0 spiro atoms. The third-order valence-corrected chi connectivity index (χ3v) is 6.67. The lowest BCUT2D eigenvalue weighted by molar-refractivity contribution is -0.120. The number of piperidine rings is 1. The first kappa shape index (κ1) is 23.5. The van der Waals surface area contributed by atoms with Gasteiger partial charge in [0.15, 0.2) is 11.5 Å². The van der Waals surface area contributed by atoms with Crippen LogP contribution >= 0.6 is 0 Å². The molecular weight excluding hydrogens is 454 g/mol. The Morgan fingerprint density at radius 1 is 1.06 bits per heavy atom. The maximum absolute atomic E-state index is 13.6. The number of carbonyl (C=O) groups is 1. The summed E-state index contributed by atoms with van der Waals surface area (Å²) in [7, 11) is 1.61. The number of anilines is 2. The maximum Gasteiger partial charge on any atom is 0.295 e. The van der Waals surface area contributed by atoms with Gasteiger partial charge in [0.05, 0.1) is 13.7 Å². The van der Waals surface area contributed by atoms with Crippen LogP contribution in [0.25, 0.3) is 11.2 Å². The van der Waals surface area contributed by atoms with Crippen LogP contribution in [0.1, 0.15) is 24.0 Å². The van der Waals surface area contributed by atoms with Gasteiger partial charge in [-0.25, -0.2) is 9.97 Å². The molecule has 5 rings (SSSR count). The summed E-state index contributed by atoms with van der Waals surface area (Å²) in [6.45, 7) is 3.62. The highest BCUT2D eigenvalue weighted by molar-refractivity contribution is 5.92. The van der Waals surface area contributed by atoms with Crippen molar-refractivity contribution in [1.29, 1.82) is 0 Å². The van der Waals surface area contributed by atoms with Crippen LogP contribution in [0.5, 0.6) is 5.75 Å². The second-order valence-corrected chi connectivity index (χ2v) is 9.14. The third kappa shape index (κ3) is 4.93. The van der Waals surface area contributed by atoms with Crippen LogP contribution in [0.4, 0.5) is 11.5 Å². The van der Waals surface area contributed by atoms with Crippen LogP contribution in [0, 0.1) is 12.8 Å². The zero-order valence-corrected chi connectivity index (χ0v) is 20.5. The summed E-state index contributed by atoms with van der Waals surface area (Å²) in [5.74, 6) is 1.02. The molecule has 1 amide bonds. The number of aryl methyl sites for hydroxylation is 1. The van der Waals surface area contributed by atoms with E-state index in [1.54, 1.807) is 17.9 Å². The average Bonchev–Trinajstić information content (AvgIpc) is 2.92. The summed E-state index contributed by atoms with van der Waals surface area (Å²) in [4.78, 5) is 37.6. The number of nitrogens with one attached hydrogen (secondary N) is 1. The summed E-state index contributed by atoms with van der Waals surface area (Å²) < 4.78 is 6.87. The molecular formula is C28H29N5O3. The predicted octanol–water partition coefficient (Wildman–Crippen LogP) is 4.01. The molecule has 2 aromatic heterocycles. The Balaban J connectivity index is 1.34. The molecule has 0 aliphatic carbocycles. The van der Waals surface area contributed by atoms with Gasteiger partial charge in [-0.2, -0.15) is 0 Å². The van der Waals surface area contributed by atoms with Crippen LogP contribution in [0.15, 0.2) is 71.7 Å². The highest BCUT2D eigenvalue weighted by atomic mass is 16.5. The van der Waals surface area contributed by atoms with E-state index in [9.17, 15) is 9.59 Å². The van der Waals surface area contributed by atoms with Crippen molar-refractivity contribution in [1.82, 2.24) is 14.5 Å². The smallest absolute Gasteiger partial charge is 0.295 e. The molecule has 8 nitrogen and oxygen atoms in total. The van der Waals surface area contributed by atoms with Crippen molar-refractivity contribution < 1.29 is 9.53 Å². The number of rotatable bonds is 6. The van der Waals surface area contributed by atoms with Gasteiger partial charge in [0.1, 0.15) is 11.3 Å². The summed E-state index contributed by atoms with van der Waals surface area (Å²) in [5, 5.41) is 2.99. The van der Waals surface area contributed by atoms with E-state index >= 15 is 0 Å². The molecule has 1 aliphatic heterocycles. The number of ether oxygens (including phenoxy) is 1. The standard InChI is InChI=1S/C28H29N5O3/c1-19-5-7-20(8-6-19)18-33-25-24(4-3-15-29-25)31-26(28(33)35)32-16-13-21(14-17-32)27(34)30-22-9-11-23(36-2)12-10-22/h3-12,15,21H,13-14,16-18H2,1-2H3,(H,30,34). The number of fused-ring (bicyclic) bond motifs is 1. The maximum atomic E-state index is 13.6. The van der Waals surface area contributed by atoms with Gasteiger partial charge in [-0.05, 0) is 61.7 Å². The third-order valence-electron chi connectivity index (χ3n) is 6.67. The van der Waals surface area contributed by atoms with Gasteiger partial charge in [-0.15, -0.1) is 0 Å². The zero-order chi connectivity index (χ0) is 25.1. The molecule has 0 saturated carbocycles. The number of nitrogens with zero attached hydrogens (tertiary/aromatic N) is 4. The molecule has 1 saturated heterocycles. The summed E-state index contributed by atoms with van der Waals surface area (Å²) in [5.41, 5.74) is 4.03. The Morgan fingerprint density at radius 3 is 2.47 bits per heavy atom. The number of carbonyl (C=O) groups excluding carboxylic acids is 1. The second kappa shape index (κ2) is 10.2. The Morgan fingerprint density at radius 2 is 1.78 bits per heavy atom. The first-order valence-corrected chi connectivity index (χ1v) is 12.1. The minimum atomic E-state index is -0.164. The largest absolute Gasteiger partial charge is 0.497 e. The van der Waals surface area contributed by atoms with Gasteiger partial charge in [0.2, 0.25) is 5.91 Å². The number of pyridine rings is 1. The quantitative estimate of drug-likeness (QED) is 0.446. The van der Waals surface area contributed by atoms with E-state index in [0.717, 1.165) is 17.0 Å². The normalized spacial score (nSPS) is 14.1. The van der Waals surface area contributed by atoms with Gasteiger partial charge in [0.25, 0.3) is 5.56 Å². The number of hydrogen-bond donors (Lipinski definition) is 1. The Labute approximate surface area is 209 Å². The van der Waals surface area contributed by atoms with E-state index in [2.05, 4.69) is 15.3 Å². The lowest BCUT2D eigenvalue weighted by Crippen LogP contribution is -2.42. The molecule has 3 heterocycles. The Hall–Kier alpha value is -4.20. The predicted molar refractivity (Wildman–Crippen MR) is 141 cm³/mol. The Bertz CT molecular complexity index is 1420. The molecule has 2 aromatic carbocycles. The highest BCUT2D eigenvalue weighted by Gasteiger charge is 2.28. The summed E-state index contributed by atoms with van der Waals surface area (Å²) >= 11 is 0. The van der Waals surface area contributed by atoms with E-state index < -0.39 is 0 Å². The number of aromatic nitrogens is 3. The van der Waals surface area contributed by atoms with E-state index in [0.29, 0.717) is 49.5 Å². The van der Waals surface area contributed by atoms with E-state index in [-0.39, 0.29) is 17.4 Å². The van der Waals surface area contributed by atoms with Crippen LogP contribution in [0.2, 0.25) is 0 Å². The number of amides is 1. The molecule has 4 aromatic rings. The van der Waals surface area contributed by atoms with E-state index in [1.807, 2.05) is 72.5 Å². The van der Waals surface area contributed by atoms with Crippen LogP contribution in [-0.2, 0) is 11.3 Å². The first-order valence-electron chi connectivity index (χ1n) is 12.1. The summed E-state index contributed by atoms with van der Waals surface area (Å²) in [6.07, 6.45) is 2.97. The molecule has 1 N–H and O–H groups in total. The SMILES string of the molecule is COc1ccc(NC(=O)C2CCN(c3nc4cccnc4n(Cc4ccc(C)cc4)c3=O)CC2)cc1. The first-order chi connectivity index (χ1) is 17.5. The number of hydrogen-bond acceptors (Lipinski definition) is 6. The molecule has 0 radical (unpaired) electrons. The van der Waals surface area contributed by atoms with Crippen LogP contribution < -0.4 is 20.5 Å². The van der Waals surface area contributed by atoms with E-state index in [1.165, 1.54) is 5.56 Å². The molecule has 0 atom stereocenters. The molecule has 1 aliphatic rings. The van der Waals surface area contributed by atoms with Crippen molar-refractivity contribution in [2.75, 3.05) is 30.4 Å². The van der Waals surface area contributed by atoms with Crippen molar-refractivity contribution in [3.63, 3.8) is 0 Å². The van der Waals surface area contributed by atoms with Gasteiger partial charge in [-0.1, -0.05) is 29.8 Å². The highest BCUT2D eigenvalue weighted by Crippen LogP contribution is 2.24. The molecule has 8 heteroatoms. The van der Waals surface area contributed by atoms with Crippen molar-refractivity contribution in [3.8, 4) is 5.75 Å². The summed E-state index contributed by atoms with van der Waals surface area (Å²) in [6, 6.07) is 19.2. The second-order valence-electron chi connectivity index (χ2n) is 9.14. The average molecular weight is 484 g/mol. The Kier molecular flexibility index (Phi) is 6.66. The van der Waals surface area contributed by atoms with Gasteiger partial charge < -0.3 is 15.0 Å². The molecule has 0 unspecified atom stereocenters. The lowest BCUT2D eigenvalue weighted by atomic mass is 9.96. The lowest BCUT2D eigenvalue weighted by Gasteiger charge is -2.32. The zero-order valence-electron chi connectivity index (χ0n) is 20.5. The molecule has 1 fully saturated rings. The minimum absolute atomic E-state index is 0.00716. The van der Waals surface area contributed by atoms with Crippen molar-refractivity contribution in [2.24, 2.45) is 5.92 Å². The number of benzene rings is 2. The fourth-order valence-corrected chi connectivity index (χ4v) is 4.56. The molecule has 184 valence electrons. The molecule has 0 bridgehead atoms. The minimum Gasteiger partial charge on any atom is -0.497 e. The van der Waals surface area contributed by atoms with Crippen LogP contribution in [-0.4, -0.2) is 40.6 Å². The monoisotopic (exact) mass is 483 g/mol. The molecule has 36 heavy (non-hydrogen) atoms. The van der Waals surface area contributed by atoms with Crippen molar-refractivity contribution in [3.05, 3.63) is 88.3 Å². The van der Waals surface area contributed by atoms with Gasteiger partial charge in [0, 0.05) is 30.9 Å². The number of methoxy groups -OCH3 is 1. The van der Waals surface area contributed by atoms with Crippen LogP contribution in [0.3, 0.4) is 0 Å². The van der Waals surface area contributed by atoms with Crippen molar-refractivity contribution in [2.45, 2.75) is 26.3 Å². The van der Waals surface area contributed by atoms with Gasteiger partial charge >= 0.3 is 0 Å². The fraction of sp³-hybridized carbons (Fsp3) is 0.286. The topological polar surface area (TPSA) is 89.3 Å². The van der Waals surface area contributed by atoms with E-state index in [4.69, 9.17) is 4.74 Å². The fourth-order valence-electron chi connectivity index (χ4n) is 4.56. The van der Waals surface area contributed by atoms with Crippen molar-refractivity contribution >= 4 is 28.6 Å². The van der Waals surface area contributed by atoms with Gasteiger partial charge in [-0.3, -0.25) is 14.2 Å².